The van der Waals surface area contributed by atoms with E-state index in [9.17, 15) is 4.79 Å². The highest BCUT2D eigenvalue weighted by atomic mass is 16.2. The first-order chi connectivity index (χ1) is 8.75. The molecule has 2 aromatic rings. The molecule has 1 fully saturated rings. The Kier molecular flexibility index (Phi) is 2.78. The van der Waals surface area contributed by atoms with Gasteiger partial charge in [0.1, 0.15) is 12.4 Å². The van der Waals surface area contributed by atoms with Crippen molar-refractivity contribution in [3.63, 3.8) is 0 Å². The maximum atomic E-state index is 12.2. The number of amides is 1. The third-order valence-corrected chi connectivity index (χ3v) is 3.60. The molecule has 0 radical (unpaired) electrons. The van der Waals surface area contributed by atoms with E-state index in [-0.39, 0.29) is 5.91 Å². The van der Waals surface area contributed by atoms with Crippen LogP contribution in [0.3, 0.4) is 0 Å². The molecular weight excluding hydrogens is 226 g/mol. The van der Waals surface area contributed by atoms with Gasteiger partial charge in [0, 0.05) is 13.1 Å². The lowest BCUT2D eigenvalue weighted by Gasteiger charge is -2.16. The van der Waals surface area contributed by atoms with E-state index in [0.29, 0.717) is 6.54 Å². The van der Waals surface area contributed by atoms with Gasteiger partial charge in [-0.1, -0.05) is 12.1 Å². The number of fused-ring (bicyclic) bond motifs is 1. The molecule has 3 rings (SSSR count). The van der Waals surface area contributed by atoms with Crippen LogP contribution in [-0.4, -0.2) is 33.4 Å². The number of nitrogens with zero attached hydrogens (tertiary/aromatic N) is 3. The molecule has 0 unspecified atom stereocenters. The van der Waals surface area contributed by atoms with Crippen LogP contribution < -0.4 is 0 Å². The number of hydrogen-bond acceptors (Lipinski definition) is 2. The van der Waals surface area contributed by atoms with Crippen LogP contribution in [0.4, 0.5) is 0 Å². The van der Waals surface area contributed by atoms with Crippen LogP contribution in [0.25, 0.3) is 11.0 Å². The standard InChI is InChI=1S/C14H17N3O/c1-11-15-12-6-2-3-7-13(12)17(11)10-14(18)16-8-4-5-9-16/h2-3,6-7H,4-5,8-10H2,1H3. The van der Waals surface area contributed by atoms with Crippen LogP contribution in [0.1, 0.15) is 18.7 Å². The number of aromatic nitrogens is 2. The minimum atomic E-state index is 0.207. The van der Waals surface area contributed by atoms with Gasteiger partial charge in [0.25, 0.3) is 0 Å². The normalized spacial score (nSPS) is 15.5. The Balaban J connectivity index is 1.89. The van der Waals surface area contributed by atoms with Crippen molar-refractivity contribution in [2.75, 3.05) is 13.1 Å². The summed E-state index contributed by atoms with van der Waals surface area (Å²) >= 11 is 0. The Morgan fingerprint density at radius 2 is 2.00 bits per heavy atom. The second-order valence-electron chi connectivity index (χ2n) is 4.82. The molecular formula is C14H17N3O. The summed E-state index contributed by atoms with van der Waals surface area (Å²) < 4.78 is 2.01. The highest BCUT2D eigenvalue weighted by Gasteiger charge is 2.19. The highest BCUT2D eigenvalue weighted by Crippen LogP contribution is 2.16. The topological polar surface area (TPSA) is 38.1 Å². The molecule has 1 aliphatic rings. The quantitative estimate of drug-likeness (QED) is 0.808. The predicted octanol–water partition coefficient (Wildman–Crippen LogP) is 1.97. The molecule has 94 valence electrons. The van der Waals surface area contributed by atoms with Crippen molar-refractivity contribution in [2.45, 2.75) is 26.3 Å². The van der Waals surface area contributed by atoms with Gasteiger partial charge in [-0.15, -0.1) is 0 Å². The lowest BCUT2D eigenvalue weighted by Crippen LogP contribution is -2.31. The van der Waals surface area contributed by atoms with Gasteiger partial charge >= 0.3 is 0 Å². The van der Waals surface area contributed by atoms with Crippen molar-refractivity contribution < 1.29 is 4.79 Å². The first-order valence-corrected chi connectivity index (χ1v) is 6.45. The molecule has 1 aromatic heterocycles. The van der Waals surface area contributed by atoms with Crippen molar-refractivity contribution in [3.8, 4) is 0 Å². The van der Waals surface area contributed by atoms with Crippen molar-refractivity contribution in [1.29, 1.82) is 0 Å². The van der Waals surface area contributed by atoms with Gasteiger partial charge in [-0.25, -0.2) is 4.98 Å². The lowest BCUT2D eigenvalue weighted by atomic mass is 10.3. The molecule has 4 heteroatoms. The lowest BCUT2D eigenvalue weighted by molar-refractivity contribution is -0.130. The van der Waals surface area contributed by atoms with Crippen molar-refractivity contribution in [1.82, 2.24) is 14.5 Å². The summed E-state index contributed by atoms with van der Waals surface area (Å²) in [4.78, 5) is 18.6. The fourth-order valence-electron chi connectivity index (χ4n) is 2.60. The number of hydrogen-bond donors (Lipinski definition) is 0. The van der Waals surface area contributed by atoms with Crippen molar-refractivity contribution in [2.24, 2.45) is 0 Å². The Morgan fingerprint density at radius 3 is 2.78 bits per heavy atom. The third-order valence-electron chi connectivity index (χ3n) is 3.60. The summed E-state index contributed by atoms with van der Waals surface area (Å²) in [6.45, 7) is 4.18. The summed E-state index contributed by atoms with van der Waals surface area (Å²) in [5.41, 5.74) is 2.01. The van der Waals surface area contributed by atoms with Crippen LogP contribution >= 0.6 is 0 Å². The maximum absolute atomic E-state index is 12.2. The number of likely N-dealkylation sites (tertiary alicyclic amines) is 1. The van der Waals surface area contributed by atoms with Crippen LogP contribution in [0.2, 0.25) is 0 Å². The molecule has 0 atom stereocenters. The summed E-state index contributed by atoms with van der Waals surface area (Å²) in [6.07, 6.45) is 2.27. The van der Waals surface area contributed by atoms with Gasteiger partial charge in [0.15, 0.2) is 0 Å². The summed E-state index contributed by atoms with van der Waals surface area (Å²) in [6, 6.07) is 7.97. The summed E-state index contributed by atoms with van der Waals surface area (Å²) in [7, 11) is 0. The summed E-state index contributed by atoms with van der Waals surface area (Å²) in [5.74, 6) is 1.11. The molecule has 1 aromatic carbocycles. The zero-order chi connectivity index (χ0) is 12.5. The van der Waals surface area contributed by atoms with E-state index in [1.165, 1.54) is 0 Å². The zero-order valence-corrected chi connectivity index (χ0v) is 10.6. The molecule has 0 bridgehead atoms. The number of rotatable bonds is 2. The highest BCUT2D eigenvalue weighted by molar-refractivity contribution is 5.81. The first kappa shape index (κ1) is 11.3. The third kappa shape index (κ3) is 1.88. The average Bonchev–Trinajstić information content (AvgIpc) is 2.98. The number of benzene rings is 1. The van der Waals surface area contributed by atoms with Crippen LogP contribution in [0, 0.1) is 6.92 Å². The Labute approximate surface area is 106 Å². The molecule has 0 N–H and O–H groups in total. The number of para-hydroxylation sites is 2. The fourth-order valence-corrected chi connectivity index (χ4v) is 2.60. The molecule has 1 amide bonds. The van der Waals surface area contributed by atoms with Crippen LogP contribution in [0.5, 0.6) is 0 Å². The monoisotopic (exact) mass is 243 g/mol. The van der Waals surface area contributed by atoms with E-state index in [4.69, 9.17) is 0 Å². The smallest absolute Gasteiger partial charge is 0.242 e. The van der Waals surface area contributed by atoms with Gasteiger partial charge in [-0.3, -0.25) is 4.79 Å². The zero-order valence-electron chi connectivity index (χ0n) is 10.6. The molecule has 0 aliphatic carbocycles. The van der Waals surface area contributed by atoms with Gasteiger partial charge in [-0.05, 0) is 31.9 Å². The SMILES string of the molecule is Cc1nc2ccccc2n1CC(=O)N1CCCC1. The van der Waals surface area contributed by atoms with E-state index in [1.807, 2.05) is 40.7 Å². The second-order valence-corrected chi connectivity index (χ2v) is 4.82. The van der Waals surface area contributed by atoms with E-state index >= 15 is 0 Å². The molecule has 2 heterocycles. The minimum absolute atomic E-state index is 0.207. The number of carbonyl (C=O) groups is 1. The molecule has 1 aliphatic heterocycles. The Bertz CT molecular complexity index is 582. The maximum Gasteiger partial charge on any atom is 0.242 e. The largest absolute Gasteiger partial charge is 0.341 e. The molecule has 1 saturated heterocycles. The molecule has 18 heavy (non-hydrogen) atoms. The second kappa shape index (κ2) is 4.44. The summed E-state index contributed by atoms with van der Waals surface area (Å²) in [5, 5.41) is 0. The number of imidazole rings is 1. The Hall–Kier alpha value is -1.84. The van der Waals surface area contributed by atoms with E-state index in [2.05, 4.69) is 4.98 Å². The molecule has 0 spiro atoms. The predicted molar refractivity (Wildman–Crippen MR) is 70.3 cm³/mol. The van der Waals surface area contributed by atoms with Crippen LogP contribution in [0.15, 0.2) is 24.3 Å². The van der Waals surface area contributed by atoms with Crippen molar-refractivity contribution in [3.05, 3.63) is 30.1 Å². The van der Waals surface area contributed by atoms with Crippen LogP contribution in [-0.2, 0) is 11.3 Å². The van der Waals surface area contributed by atoms with Gasteiger partial charge < -0.3 is 9.47 Å². The molecule has 0 saturated carbocycles. The van der Waals surface area contributed by atoms with E-state index in [1.54, 1.807) is 0 Å². The van der Waals surface area contributed by atoms with E-state index in [0.717, 1.165) is 42.8 Å². The fraction of sp³-hybridized carbons (Fsp3) is 0.429. The van der Waals surface area contributed by atoms with Gasteiger partial charge in [-0.2, -0.15) is 0 Å². The minimum Gasteiger partial charge on any atom is -0.341 e. The number of aryl methyl sites for hydroxylation is 1. The molecule has 4 nitrogen and oxygen atoms in total. The first-order valence-electron chi connectivity index (χ1n) is 6.45. The van der Waals surface area contributed by atoms with E-state index < -0.39 is 0 Å². The van der Waals surface area contributed by atoms with Gasteiger partial charge in [0.2, 0.25) is 5.91 Å². The van der Waals surface area contributed by atoms with Crippen molar-refractivity contribution >= 4 is 16.9 Å². The van der Waals surface area contributed by atoms with Gasteiger partial charge in [0.05, 0.1) is 11.0 Å². The average molecular weight is 243 g/mol. The Morgan fingerprint density at radius 1 is 1.28 bits per heavy atom. The number of carbonyl (C=O) groups excluding carboxylic acids is 1.